The third kappa shape index (κ3) is 5.02. The molecule has 4 rings (SSSR count). The number of ether oxygens (including phenoxy) is 2. The van der Waals surface area contributed by atoms with Gasteiger partial charge in [0.2, 0.25) is 5.91 Å². The van der Waals surface area contributed by atoms with Crippen molar-refractivity contribution in [3.05, 3.63) is 71.2 Å². The largest absolute Gasteiger partial charge is 0.497 e. The molecule has 1 unspecified atom stereocenters. The third-order valence-electron chi connectivity index (χ3n) is 5.45. The number of rotatable bonds is 7. The summed E-state index contributed by atoms with van der Waals surface area (Å²) in [4.78, 5) is 21.3. The van der Waals surface area contributed by atoms with Crippen molar-refractivity contribution in [2.45, 2.75) is 39.2 Å². The van der Waals surface area contributed by atoms with E-state index in [4.69, 9.17) is 9.47 Å². The Morgan fingerprint density at radius 3 is 2.94 bits per heavy atom. The molecule has 3 aromatic rings. The second-order valence-corrected chi connectivity index (χ2v) is 7.87. The van der Waals surface area contributed by atoms with Crippen LogP contribution in [0.4, 0.5) is 0 Å². The molecule has 0 radical (unpaired) electrons. The molecule has 0 aliphatic carbocycles. The Balaban J connectivity index is 1.31. The zero-order valence-electron chi connectivity index (χ0n) is 18.1. The highest BCUT2D eigenvalue weighted by molar-refractivity contribution is 5.76. The molecule has 0 fully saturated rings. The highest BCUT2D eigenvalue weighted by Gasteiger charge is 2.24. The molecule has 1 aromatic heterocycles. The van der Waals surface area contributed by atoms with Gasteiger partial charge in [-0.3, -0.25) is 9.78 Å². The van der Waals surface area contributed by atoms with Crippen LogP contribution >= 0.6 is 0 Å². The Morgan fingerprint density at radius 2 is 2.10 bits per heavy atom. The number of nitrogens with zero attached hydrogens (tertiary/aromatic N) is 2. The number of methoxy groups -OCH3 is 1. The number of carbonyl (C=O) groups is 1. The number of carbonyl (C=O) groups excluding carboxylic acids is 1. The van der Waals surface area contributed by atoms with E-state index >= 15 is 0 Å². The van der Waals surface area contributed by atoms with Crippen molar-refractivity contribution in [2.24, 2.45) is 0 Å². The van der Waals surface area contributed by atoms with Crippen LogP contribution in [0.2, 0.25) is 0 Å². The average Bonchev–Trinajstić information content (AvgIpc) is 3.20. The summed E-state index contributed by atoms with van der Waals surface area (Å²) in [6.07, 6.45) is 3.59. The fourth-order valence-corrected chi connectivity index (χ4v) is 3.79. The van der Waals surface area contributed by atoms with Gasteiger partial charge in [-0.2, -0.15) is 0 Å². The maximum atomic E-state index is 12.3. The van der Waals surface area contributed by atoms with Crippen LogP contribution in [0.3, 0.4) is 0 Å². The molecule has 1 N–H and O–H groups in total. The Morgan fingerprint density at radius 1 is 1.23 bits per heavy atom. The number of hydrogen-bond donors (Lipinski definition) is 1. The SMILES string of the molecule is COc1cccc(CCC(=O)NCC2Cc3cc(-c4nc(C)cnc4C)ccc3O2)c1. The average molecular weight is 418 g/mol. The van der Waals surface area contributed by atoms with Crippen molar-refractivity contribution in [1.29, 1.82) is 0 Å². The minimum Gasteiger partial charge on any atom is -0.497 e. The van der Waals surface area contributed by atoms with Gasteiger partial charge in [0.25, 0.3) is 0 Å². The molecule has 1 aliphatic heterocycles. The summed E-state index contributed by atoms with van der Waals surface area (Å²) in [5, 5.41) is 3.00. The van der Waals surface area contributed by atoms with Gasteiger partial charge < -0.3 is 14.8 Å². The number of amides is 1. The fourth-order valence-electron chi connectivity index (χ4n) is 3.79. The molecule has 0 saturated carbocycles. The summed E-state index contributed by atoms with van der Waals surface area (Å²) >= 11 is 0. The van der Waals surface area contributed by atoms with Crippen LogP contribution in [-0.4, -0.2) is 35.6 Å². The quantitative estimate of drug-likeness (QED) is 0.633. The van der Waals surface area contributed by atoms with E-state index in [1.54, 1.807) is 13.3 Å². The Labute approximate surface area is 182 Å². The lowest BCUT2D eigenvalue weighted by molar-refractivity contribution is -0.121. The predicted molar refractivity (Wildman–Crippen MR) is 119 cm³/mol. The lowest BCUT2D eigenvalue weighted by Gasteiger charge is -2.12. The van der Waals surface area contributed by atoms with Crippen LogP contribution in [0.25, 0.3) is 11.3 Å². The molecule has 1 amide bonds. The molecular formula is C25H27N3O3. The highest BCUT2D eigenvalue weighted by Crippen LogP contribution is 2.33. The van der Waals surface area contributed by atoms with Crippen molar-refractivity contribution in [1.82, 2.24) is 15.3 Å². The molecule has 0 bridgehead atoms. The summed E-state index contributed by atoms with van der Waals surface area (Å²) in [6.45, 7) is 4.40. The van der Waals surface area contributed by atoms with Crippen molar-refractivity contribution < 1.29 is 14.3 Å². The molecule has 0 spiro atoms. The van der Waals surface area contributed by atoms with Gasteiger partial charge in [-0.15, -0.1) is 0 Å². The second kappa shape index (κ2) is 9.16. The topological polar surface area (TPSA) is 73.3 Å². The van der Waals surface area contributed by atoms with E-state index in [2.05, 4.69) is 21.4 Å². The Bertz CT molecular complexity index is 1100. The van der Waals surface area contributed by atoms with Crippen molar-refractivity contribution in [2.75, 3.05) is 13.7 Å². The summed E-state index contributed by atoms with van der Waals surface area (Å²) in [5.41, 5.74) is 5.96. The van der Waals surface area contributed by atoms with E-state index in [0.717, 1.165) is 51.7 Å². The predicted octanol–water partition coefficient (Wildman–Crippen LogP) is 3.82. The molecule has 0 saturated heterocycles. The van der Waals surface area contributed by atoms with Gasteiger partial charge in [0, 0.05) is 24.6 Å². The van der Waals surface area contributed by atoms with Gasteiger partial charge in [0.05, 0.1) is 30.7 Å². The Hall–Kier alpha value is -3.41. The van der Waals surface area contributed by atoms with Gasteiger partial charge >= 0.3 is 0 Å². The molecule has 1 atom stereocenters. The molecular weight excluding hydrogens is 390 g/mol. The number of aryl methyl sites for hydroxylation is 3. The monoisotopic (exact) mass is 417 g/mol. The summed E-state index contributed by atoms with van der Waals surface area (Å²) < 4.78 is 11.3. The number of hydrogen-bond acceptors (Lipinski definition) is 5. The zero-order valence-corrected chi connectivity index (χ0v) is 18.1. The molecule has 160 valence electrons. The first-order chi connectivity index (χ1) is 15.0. The van der Waals surface area contributed by atoms with Gasteiger partial charge in [-0.25, -0.2) is 4.98 Å². The van der Waals surface area contributed by atoms with Crippen molar-refractivity contribution >= 4 is 5.91 Å². The molecule has 6 heteroatoms. The molecule has 2 heterocycles. The van der Waals surface area contributed by atoms with E-state index < -0.39 is 0 Å². The van der Waals surface area contributed by atoms with Crippen LogP contribution in [0, 0.1) is 13.8 Å². The molecule has 31 heavy (non-hydrogen) atoms. The van der Waals surface area contributed by atoms with E-state index in [1.165, 1.54) is 0 Å². The number of nitrogens with one attached hydrogen (secondary N) is 1. The van der Waals surface area contributed by atoms with Crippen LogP contribution in [-0.2, 0) is 17.6 Å². The van der Waals surface area contributed by atoms with Crippen LogP contribution in [0.15, 0.2) is 48.7 Å². The van der Waals surface area contributed by atoms with Gasteiger partial charge in [0.1, 0.15) is 17.6 Å². The van der Waals surface area contributed by atoms with Gasteiger partial charge in [-0.05, 0) is 61.7 Å². The van der Waals surface area contributed by atoms with Crippen LogP contribution < -0.4 is 14.8 Å². The lowest BCUT2D eigenvalue weighted by Crippen LogP contribution is -2.34. The van der Waals surface area contributed by atoms with Crippen LogP contribution in [0.1, 0.15) is 28.9 Å². The van der Waals surface area contributed by atoms with E-state index in [1.807, 2.05) is 50.2 Å². The molecule has 2 aromatic carbocycles. The first-order valence-electron chi connectivity index (χ1n) is 10.5. The van der Waals surface area contributed by atoms with Crippen molar-refractivity contribution in [3.8, 4) is 22.8 Å². The summed E-state index contributed by atoms with van der Waals surface area (Å²) in [6, 6.07) is 13.9. The highest BCUT2D eigenvalue weighted by atomic mass is 16.5. The normalized spacial score (nSPS) is 14.6. The number of aromatic nitrogens is 2. The maximum absolute atomic E-state index is 12.3. The van der Waals surface area contributed by atoms with Gasteiger partial charge in [-0.1, -0.05) is 12.1 Å². The van der Waals surface area contributed by atoms with Crippen molar-refractivity contribution in [3.63, 3.8) is 0 Å². The second-order valence-electron chi connectivity index (χ2n) is 7.87. The van der Waals surface area contributed by atoms with E-state index in [9.17, 15) is 4.79 Å². The lowest BCUT2D eigenvalue weighted by atomic mass is 10.0. The van der Waals surface area contributed by atoms with Crippen LogP contribution in [0.5, 0.6) is 11.5 Å². The first kappa shape index (κ1) is 20.8. The number of fused-ring (bicyclic) bond motifs is 1. The molecule has 6 nitrogen and oxygen atoms in total. The van der Waals surface area contributed by atoms with E-state index in [-0.39, 0.29) is 12.0 Å². The fraction of sp³-hybridized carbons (Fsp3) is 0.320. The first-order valence-corrected chi connectivity index (χ1v) is 10.5. The number of benzene rings is 2. The summed E-state index contributed by atoms with van der Waals surface area (Å²) in [5.74, 6) is 1.70. The third-order valence-corrected chi connectivity index (χ3v) is 5.45. The minimum atomic E-state index is -0.0595. The maximum Gasteiger partial charge on any atom is 0.220 e. The molecule has 1 aliphatic rings. The minimum absolute atomic E-state index is 0.0220. The summed E-state index contributed by atoms with van der Waals surface area (Å²) in [7, 11) is 1.64. The Kier molecular flexibility index (Phi) is 6.16. The zero-order chi connectivity index (χ0) is 21.8. The van der Waals surface area contributed by atoms with E-state index in [0.29, 0.717) is 19.4 Å². The smallest absolute Gasteiger partial charge is 0.220 e. The standard InChI is InChI=1S/C25H27N3O3/c1-16-14-26-17(2)25(28-16)19-8-9-23-20(12-19)13-22(31-23)15-27-24(29)10-7-18-5-4-6-21(11-18)30-3/h4-6,8-9,11-12,14,22H,7,10,13,15H2,1-3H3,(H,27,29). The van der Waals surface area contributed by atoms with Gasteiger partial charge in [0.15, 0.2) is 0 Å².